The number of imide groups is 1. The summed E-state index contributed by atoms with van der Waals surface area (Å²) in [7, 11) is 0. The van der Waals surface area contributed by atoms with E-state index in [2.05, 4.69) is 5.32 Å². The molecule has 0 atom stereocenters. The number of nitrogens with zero attached hydrogens (tertiary/aromatic N) is 2. The fraction of sp³-hybridized carbons (Fsp3) is 0.111. The van der Waals surface area contributed by atoms with Crippen molar-refractivity contribution in [3.8, 4) is 0 Å². The van der Waals surface area contributed by atoms with Crippen molar-refractivity contribution in [1.82, 2.24) is 4.90 Å². The van der Waals surface area contributed by atoms with Gasteiger partial charge in [-0.05, 0) is 12.1 Å². The van der Waals surface area contributed by atoms with Crippen LogP contribution in [0.15, 0.2) is 24.3 Å². The Morgan fingerprint density at radius 2 is 1.45 bits per heavy atom. The van der Waals surface area contributed by atoms with Gasteiger partial charge in [-0.2, -0.15) is 0 Å². The Labute approximate surface area is 184 Å². The lowest BCUT2D eigenvalue weighted by Crippen LogP contribution is -2.47. The number of rotatable bonds is 2. The first-order valence-corrected chi connectivity index (χ1v) is 9.65. The summed E-state index contributed by atoms with van der Waals surface area (Å²) in [5.41, 5.74) is 0.487. The summed E-state index contributed by atoms with van der Waals surface area (Å²) in [6.45, 7) is -0.867. The van der Waals surface area contributed by atoms with E-state index in [0.717, 1.165) is 0 Å². The van der Waals surface area contributed by atoms with Crippen LogP contribution in [0.4, 0.5) is 11.4 Å². The molecule has 0 spiro atoms. The highest BCUT2D eigenvalue weighted by atomic mass is 35.5. The van der Waals surface area contributed by atoms with Crippen LogP contribution in [-0.2, 0) is 9.59 Å². The van der Waals surface area contributed by atoms with Gasteiger partial charge in [0.05, 0.1) is 42.6 Å². The Morgan fingerprint density at radius 1 is 0.897 bits per heavy atom. The molecule has 0 unspecified atom stereocenters. The molecule has 0 aromatic heterocycles. The fourth-order valence-electron chi connectivity index (χ4n) is 3.22. The van der Waals surface area contributed by atoms with Crippen molar-refractivity contribution >= 4 is 81.4 Å². The second-order valence-electron chi connectivity index (χ2n) is 6.25. The van der Waals surface area contributed by atoms with Crippen molar-refractivity contribution in [3.63, 3.8) is 0 Å². The van der Waals surface area contributed by atoms with Gasteiger partial charge >= 0.3 is 0 Å². The van der Waals surface area contributed by atoms with Crippen LogP contribution in [0.25, 0.3) is 0 Å². The van der Waals surface area contributed by atoms with E-state index in [9.17, 15) is 19.2 Å². The van der Waals surface area contributed by atoms with E-state index in [1.807, 2.05) is 0 Å². The highest BCUT2D eigenvalue weighted by Gasteiger charge is 2.43. The minimum Gasteiger partial charge on any atom is -0.323 e. The van der Waals surface area contributed by atoms with Crippen LogP contribution in [0.1, 0.15) is 20.7 Å². The second-order valence-corrected chi connectivity index (χ2v) is 7.76. The van der Waals surface area contributed by atoms with Crippen molar-refractivity contribution in [2.45, 2.75) is 0 Å². The molecule has 0 saturated carbocycles. The van der Waals surface area contributed by atoms with E-state index >= 15 is 0 Å². The van der Waals surface area contributed by atoms with Gasteiger partial charge in [-0.3, -0.25) is 29.0 Å². The number of amides is 4. The summed E-state index contributed by atoms with van der Waals surface area (Å²) >= 11 is 24.1. The van der Waals surface area contributed by atoms with E-state index in [1.165, 1.54) is 4.90 Å². The van der Waals surface area contributed by atoms with Crippen LogP contribution in [0.5, 0.6) is 0 Å². The summed E-state index contributed by atoms with van der Waals surface area (Å²) in [6.07, 6.45) is 0. The minimum atomic E-state index is -0.821. The van der Waals surface area contributed by atoms with Crippen molar-refractivity contribution in [2.24, 2.45) is 0 Å². The Kier molecular flexibility index (Phi) is 4.94. The van der Waals surface area contributed by atoms with Gasteiger partial charge < -0.3 is 5.32 Å². The molecular weight excluding hydrogens is 464 g/mol. The number of hydrogen-bond acceptors (Lipinski definition) is 4. The van der Waals surface area contributed by atoms with Gasteiger partial charge in [0.2, 0.25) is 11.8 Å². The molecule has 0 fully saturated rings. The lowest BCUT2D eigenvalue weighted by Gasteiger charge is -2.30. The zero-order valence-electron chi connectivity index (χ0n) is 14.3. The molecule has 2 aliphatic heterocycles. The third-order valence-electron chi connectivity index (χ3n) is 4.55. The van der Waals surface area contributed by atoms with Crippen LogP contribution in [0, 0.1) is 0 Å². The number of carbonyl (C=O) groups excluding carboxylic acids is 4. The number of halogens is 4. The first-order valence-electron chi connectivity index (χ1n) is 8.13. The fourth-order valence-corrected chi connectivity index (χ4v) is 4.23. The molecule has 11 heteroatoms. The number of para-hydroxylation sites is 2. The molecular formula is C18H9Cl4N3O4. The molecule has 0 radical (unpaired) electrons. The standard InChI is InChI=1S/C18H9Cl4N3O4/c19-13-11-12(14(20)16(22)15(13)21)18(29)25(17(11)28)6-10(27)24-5-9(26)23-7-3-1-2-4-8(7)24/h1-4H,5-6H2,(H,23,26). The number of benzene rings is 2. The van der Waals surface area contributed by atoms with Crippen molar-refractivity contribution in [3.05, 3.63) is 55.5 Å². The minimum absolute atomic E-state index is 0.159. The third-order valence-corrected chi connectivity index (χ3v) is 6.35. The largest absolute Gasteiger partial charge is 0.323 e. The smallest absolute Gasteiger partial charge is 0.263 e. The van der Waals surface area contributed by atoms with Gasteiger partial charge in [0, 0.05) is 0 Å². The summed E-state index contributed by atoms with van der Waals surface area (Å²) in [5.74, 6) is -2.67. The first kappa shape index (κ1) is 20.0. The Hall–Kier alpha value is -2.32. The normalized spacial score (nSPS) is 15.4. The van der Waals surface area contributed by atoms with E-state index in [4.69, 9.17) is 46.4 Å². The molecule has 2 aromatic rings. The van der Waals surface area contributed by atoms with Crippen LogP contribution in [0.2, 0.25) is 20.1 Å². The van der Waals surface area contributed by atoms with Crippen molar-refractivity contribution in [1.29, 1.82) is 0 Å². The number of hydrogen-bond donors (Lipinski definition) is 1. The highest BCUT2D eigenvalue weighted by molar-refractivity contribution is 6.55. The maximum Gasteiger partial charge on any atom is 0.263 e. The Morgan fingerprint density at radius 3 is 2.03 bits per heavy atom. The molecule has 148 valence electrons. The summed E-state index contributed by atoms with van der Waals surface area (Å²) < 4.78 is 0. The van der Waals surface area contributed by atoms with Crippen LogP contribution < -0.4 is 10.2 Å². The molecule has 4 rings (SSSR count). The second kappa shape index (κ2) is 7.18. The molecule has 29 heavy (non-hydrogen) atoms. The SMILES string of the molecule is O=C1CN(C(=O)CN2C(=O)c3c(Cl)c(Cl)c(Cl)c(Cl)c3C2=O)c2ccccc2N1. The van der Waals surface area contributed by atoms with Crippen LogP contribution >= 0.6 is 46.4 Å². The van der Waals surface area contributed by atoms with Gasteiger partial charge in [-0.25, -0.2) is 0 Å². The van der Waals surface area contributed by atoms with Crippen LogP contribution in [0.3, 0.4) is 0 Å². The summed E-state index contributed by atoms with van der Waals surface area (Å²) in [4.78, 5) is 52.3. The molecule has 0 bridgehead atoms. The third kappa shape index (κ3) is 3.05. The van der Waals surface area contributed by atoms with Crippen molar-refractivity contribution < 1.29 is 19.2 Å². The molecule has 7 nitrogen and oxygen atoms in total. The Bertz CT molecular complexity index is 1090. The summed E-state index contributed by atoms with van der Waals surface area (Å²) in [6, 6.07) is 6.68. The first-order chi connectivity index (χ1) is 13.7. The van der Waals surface area contributed by atoms with Crippen LogP contribution in [-0.4, -0.2) is 41.6 Å². The Balaban J connectivity index is 1.68. The average Bonchev–Trinajstić information content (AvgIpc) is 2.94. The topological polar surface area (TPSA) is 86.8 Å². The molecule has 4 amide bonds. The zero-order valence-corrected chi connectivity index (χ0v) is 17.3. The predicted octanol–water partition coefficient (Wildman–Crippen LogP) is 3.88. The predicted molar refractivity (Wildman–Crippen MR) is 109 cm³/mol. The quantitative estimate of drug-likeness (QED) is 0.408. The molecule has 2 aromatic carbocycles. The maximum atomic E-state index is 12.9. The van der Waals surface area contributed by atoms with E-state index in [-0.39, 0.29) is 37.8 Å². The number of carbonyl (C=O) groups is 4. The average molecular weight is 473 g/mol. The molecule has 1 N–H and O–H groups in total. The van der Waals surface area contributed by atoms with E-state index < -0.39 is 30.2 Å². The van der Waals surface area contributed by atoms with Crippen molar-refractivity contribution in [2.75, 3.05) is 23.3 Å². The molecule has 2 heterocycles. The molecule has 0 aliphatic carbocycles. The molecule has 2 aliphatic rings. The highest BCUT2D eigenvalue weighted by Crippen LogP contribution is 2.44. The van der Waals surface area contributed by atoms with E-state index in [0.29, 0.717) is 16.3 Å². The molecule has 0 saturated heterocycles. The van der Waals surface area contributed by atoms with Gasteiger partial charge in [0.15, 0.2) is 0 Å². The lowest BCUT2D eigenvalue weighted by atomic mass is 10.1. The van der Waals surface area contributed by atoms with E-state index in [1.54, 1.807) is 24.3 Å². The number of fused-ring (bicyclic) bond motifs is 2. The van der Waals surface area contributed by atoms with Gasteiger partial charge in [-0.1, -0.05) is 58.5 Å². The number of nitrogens with one attached hydrogen (secondary N) is 1. The van der Waals surface area contributed by atoms with Gasteiger partial charge in [-0.15, -0.1) is 0 Å². The monoisotopic (exact) mass is 471 g/mol. The van der Waals surface area contributed by atoms with Gasteiger partial charge in [0.1, 0.15) is 13.1 Å². The summed E-state index contributed by atoms with van der Waals surface area (Å²) in [5, 5.41) is 1.90. The number of anilines is 2. The zero-order chi connectivity index (χ0) is 21.0. The maximum absolute atomic E-state index is 12.9. The lowest BCUT2D eigenvalue weighted by molar-refractivity contribution is -0.122. The van der Waals surface area contributed by atoms with Gasteiger partial charge in [0.25, 0.3) is 11.8 Å².